The minimum atomic E-state index is 0.302. The second-order valence-corrected chi connectivity index (χ2v) is 3.43. The summed E-state index contributed by atoms with van der Waals surface area (Å²) in [6.45, 7) is 2.99. The van der Waals surface area contributed by atoms with Gasteiger partial charge in [0, 0.05) is 25.0 Å². The number of nitrogens with two attached hydrogens (primary N) is 1. The highest BCUT2D eigenvalue weighted by atomic mass is 16.5. The van der Waals surface area contributed by atoms with Gasteiger partial charge in [-0.3, -0.25) is 0 Å². The van der Waals surface area contributed by atoms with E-state index in [4.69, 9.17) is 10.5 Å². The highest BCUT2D eigenvalue weighted by molar-refractivity contribution is 4.93. The molecule has 0 spiro atoms. The first kappa shape index (κ1) is 6.58. The molecule has 2 fully saturated rings. The van der Waals surface area contributed by atoms with Crippen molar-refractivity contribution in [1.29, 1.82) is 0 Å². The van der Waals surface area contributed by atoms with E-state index in [0.717, 1.165) is 19.7 Å². The number of piperidine rings is 1. The molecule has 2 aliphatic rings. The largest absolute Gasteiger partial charge is 0.375 e. The van der Waals surface area contributed by atoms with Crippen LogP contribution in [0.4, 0.5) is 0 Å². The fraction of sp³-hybridized carbons (Fsp3) is 1.00. The molecule has 2 heterocycles. The predicted octanol–water partition coefficient (Wildman–Crippen LogP) is -0.726. The summed E-state index contributed by atoms with van der Waals surface area (Å²) in [5.74, 6) is 0.587. The normalized spacial score (nSPS) is 48.0. The van der Waals surface area contributed by atoms with Crippen molar-refractivity contribution >= 4 is 0 Å². The minimum Gasteiger partial charge on any atom is -0.375 e. The van der Waals surface area contributed by atoms with Crippen molar-refractivity contribution in [1.82, 2.24) is 4.90 Å². The number of hydrogen-bond acceptors (Lipinski definition) is 3. The van der Waals surface area contributed by atoms with E-state index in [9.17, 15) is 0 Å². The van der Waals surface area contributed by atoms with E-state index in [-0.39, 0.29) is 0 Å². The van der Waals surface area contributed by atoms with Gasteiger partial charge in [-0.15, -0.1) is 0 Å². The third-order valence-electron chi connectivity index (χ3n) is 2.54. The minimum absolute atomic E-state index is 0.302. The Kier molecular flexibility index (Phi) is 1.44. The van der Waals surface area contributed by atoms with Gasteiger partial charge in [0.05, 0.1) is 12.7 Å². The van der Waals surface area contributed by atoms with Gasteiger partial charge in [-0.05, 0) is 7.05 Å². The third-order valence-corrected chi connectivity index (χ3v) is 2.54. The first-order valence-electron chi connectivity index (χ1n) is 3.83. The SMILES string of the molecule is CN1C[C@@H]2CO[C@H](C1)[C@H]2N. The molecule has 0 aromatic heterocycles. The fourth-order valence-electron chi connectivity index (χ4n) is 1.90. The molecule has 0 amide bonds. The summed E-state index contributed by atoms with van der Waals surface area (Å²) in [7, 11) is 2.13. The number of fused-ring (bicyclic) bond motifs is 2. The second-order valence-electron chi connectivity index (χ2n) is 3.43. The van der Waals surface area contributed by atoms with Gasteiger partial charge in [0.25, 0.3) is 0 Å². The Balaban J connectivity index is 2.09. The van der Waals surface area contributed by atoms with E-state index in [1.165, 1.54) is 0 Å². The molecule has 0 aliphatic carbocycles. The van der Waals surface area contributed by atoms with Crippen LogP contribution in [0.2, 0.25) is 0 Å². The molecular weight excluding hydrogens is 128 g/mol. The van der Waals surface area contributed by atoms with Crippen molar-refractivity contribution in [2.75, 3.05) is 26.7 Å². The average molecular weight is 142 g/mol. The van der Waals surface area contributed by atoms with Gasteiger partial charge in [0.1, 0.15) is 0 Å². The molecule has 0 radical (unpaired) electrons. The predicted molar refractivity (Wildman–Crippen MR) is 38.7 cm³/mol. The maximum Gasteiger partial charge on any atom is 0.0856 e. The van der Waals surface area contributed by atoms with Gasteiger partial charge in [-0.2, -0.15) is 0 Å². The summed E-state index contributed by atoms with van der Waals surface area (Å²) in [5, 5.41) is 0. The Labute approximate surface area is 61.1 Å². The van der Waals surface area contributed by atoms with Crippen molar-refractivity contribution in [3.63, 3.8) is 0 Å². The van der Waals surface area contributed by atoms with Crippen LogP contribution in [0.25, 0.3) is 0 Å². The van der Waals surface area contributed by atoms with Gasteiger partial charge < -0.3 is 15.4 Å². The Morgan fingerprint density at radius 2 is 2.30 bits per heavy atom. The molecule has 58 valence electrons. The van der Waals surface area contributed by atoms with Gasteiger partial charge in [0.15, 0.2) is 0 Å². The lowest BCUT2D eigenvalue weighted by molar-refractivity contribution is 0.0822. The molecule has 2 bridgehead atoms. The zero-order valence-corrected chi connectivity index (χ0v) is 6.29. The molecule has 10 heavy (non-hydrogen) atoms. The van der Waals surface area contributed by atoms with E-state index >= 15 is 0 Å². The van der Waals surface area contributed by atoms with Crippen LogP contribution in [-0.4, -0.2) is 43.8 Å². The molecule has 2 saturated heterocycles. The monoisotopic (exact) mass is 142 g/mol. The van der Waals surface area contributed by atoms with Crippen LogP contribution in [-0.2, 0) is 4.74 Å². The molecule has 0 aromatic rings. The van der Waals surface area contributed by atoms with Gasteiger partial charge in [-0.25, -0.2) is 0 Å². The number of rotatable bonds is 0. The van der Waals surface area contributed by atoms with Gasteiger partial charge >= 0.3 is 0 Å². The smallest absolute Gasteiger partial charge is 0.0856 e. The van der Waals surface area contributed by atoms with Crippen LogP contribution in [0.3, 0.4) is 0 Å². The number of hydrogen-bond donors (Lipinski definition) is 1. The van der Waals surface area contributed by atoms with Crippen molar-refractivity contribution in [2.45, 2.75) is 12.1 Å². The molecule has 0 aromatic carbocycles. The maximum atomic E-state index is 5.89. The molecule has 3 atom stereocenters. The van der Waals surface area contributed by atoms with E-state index in [0.29, 0.717) is 18.1 Å². The molecule has 2 rings (SSSR count). The van der Waals surface area contributed by atoms with E-state index < -0.39 is 0 Å². The molecule has 3 heteroatoms. The maximum absolute atomic E-state index is 5.89. The summed E-state index contributed by atoms with van der Waals surface area (Å²) < 4.78 is 5.49. The fourth-order valence-corrected chi connectivity index (χ4v) is 1.90. The van der Waals surface area contributed by atoms with E-state index in [1.807, 2.05) is 0 Å². The molecule has 3 nitrogen and oxygen atoms in total. The Morgan fingerprint density at radius 1 is 1.50 bits per heavy atom. The second kappa shape index (κ2) is 2.19. The lowest BCUT2D eigenvalue weighted by Gasteiger charge is -2.31. The highest BCUT2D eigenvalue weighted by Crippen LogP contribution is 2.24. The highest BCUT2D eigenvalue weighted by Gasteiger charge is 2.39. The summed E-state index contributed by atoms with van der Waals surface area (Å²) in [4.78, 5) is 2.30. The van der Waals surface area contributed by atoms with E-state index in [2.05, 4.69) is 11.9 Å². The van der Waals surface area contributed by atoms with Crippen LogP contribution in [0.15, 0.2) is 0 Å². The van der Waals surface area contributed by atoms with Crippen molar-refractivity contribution in [3.05, 3.63) is 0 Å². The standard InChI is InChI=1S/C7H14N2O/c1-9-2-5-4-10-6(3-9)7(5)8/h5-7H,2-4,8H2,1H3/t5-,6-,7+/m1/s1. The molecule has 2 N–H and O–H groups in total. The molecule has 0 unspecified atom stereocenters. The molecule has 2 aliphatic heterocycles. The Morgan fingerprint density at radius 3 is 3.00 bits per heavy atom. The molecular formula is C7H14N2O. The van der Waals surface area contributed by atoms with Crippen LogP contribution in [0, 0.1) is 5.92 Å². The first-order chi connectivity index (χ1) is 4.77. The topological polar surface area (TPSA) is 38.5 Å². The summed E-state index contributed by atoms with van der Waals surface area (Å²) >= 11 is 0. The van der Waals surface area contributed by atoms with Crippen LogP contribution in [0.5, 0.6) is 0 Å². The first-order valence-corrected chi connectivity index (χ1v) is 3.83. The zero-order valence-electron chi connectivity index (χ0n) is 6.29. The average Bonchev–Trinajstić information content (AvgIpc) is 2.20. The van der Waals surface area contributed by atoms with Gasteiger partial charge in [-0.1, -0.05) is 0 Å². The Bertz CT molecular complexity index is 126. The van der Waals surface area contributed by atoms with Crippen molar-refractivity contribution in [2.24, 2.45) is 11.7 Å². The summed E-state index contributed by atoms with van der Waals surface area (Å²) in [6.07, 6.45) is 0.309. The zero-order chi connectivity index (χ0) is 7.14. The van der Waals surface area contributed by atoms with Crippen LogP contribution >= 0.6 is 0 Å². The molecule has 0 saturated carbocycles. The number of nitrogens with zero attached hydrogens (tertiary/aromatic N) is 1. The summed E-state index contributed by atoms with van der Waals surface area (Å²) in [6, 6.07) is 0.302. The number of likely N-dealkylation sites (N-methyl/N-ethyl adjacent to an activating group) is 1. The van der Waals surface area contributed by atoms with E-state index in [1.54, 1.807) is 0 Å². The quantitative estimate of drug-likeness (QED) is 0.485. The third kappa shape index (κ3) is 0.856. The van der Waals surface area contributed by atoms with Gasteiger partial charge in [0.2, 0.25) is 0 Å². The van der Waals surface area contributed by atoms with Crippen molar-refractivity contribution < 1.29 is 4.74 Å². The summed E-state index contributed by atoms with van der Waals surface area (Å²) in [5.41, 5.74) is 5.89. The Hall–Kier alpha value is -0.120. The number of likely N-dealkylation sites (tertiary alicyclic amines) is 1. The number of ether oxygens (including phenoxy) is 1. The van der Waals surface area contributed by atoms with Crippen LogP contribution < -0.4 is 5.73 Å². The van der Waals surface area contributed by atoms with Crippen molar-refractivity contribution in [3.8, 4) is 0 Å². The van der Waals surface area contributed by atoms with Crippen LogP contribution in [0.1, 0.15) is 0 Å². The lowest BCUT2D eigenvalue weighted by atomic mass is 9.95. The lowest BCUT2D eigenvalue weighted by Crippen LogP contribution is -2.50.